The predicted molar refractivity (Wildman–Crippen MR) is 48.9 cm³/mol. The monoisotopic (exact) mass is 190 g/mol. The first kappa shape index (κ1) is 8.00. The van der Waals surface area contributed by atoms with Crippen LogP contribution in [0.4, 0.5) is 0 Å². The van der Waals surface area contributed by atoms with E-state index in [9.17, 15) is 4.79 Å². The van der Waals surface area contributed by atoms with E-state index in [4.69, 9.17) is 9.47 Å². The van der Waals surface area contributed by atoms with Gasteiger partial charge in [-0.25, -0.2) is 4.79 Å². The summed E-state index contributed by atoms with van der Waals surface area (Å²) >= 11 is 0. The highest BCUT2D eigenvalue weighted by Crippen LogP contribution is 2.56. The van der Waals surface area contributed by atoms with Crippen molar-refractivity contribution in [2.45, 2.75) is 18.1 Å². The average Bonchev–Trinajstić information content (AvgIpc) is 2.84. The molecule has 1 saturated carbocycles. The Morgan fingerprint density at radius 3 is 3.00 bits per heavy atom. The zero-order valence-electron chi connectivity index (χ0n) is 7.82. The molecule has 1 aromatic rings. The fourth-order valence-electron chi connectivity index (χ4n) is 2.19. The SMILES string of the molecule is COC1CC12OC(=O)c1ccccc12. The molecule has 1 spiro atoms. The lowest BCUT2D eigenvalue weighted by Gasteiger charge is -2.08. The third kappa shape index (κ3) is 0.780. The van der Waals surface area contributed by atoms with Crippen LogP contribution in [0.15, 0.2) is 24.3 Å². The fraction of sp³-hybridized carbons (Fsp3) is 0.364. The number of esters is 1. The maximum atomic E-state index is 11.5. The van der Waals surface area contributed by atoms with E-state index in [1.54, 1.807) is 13.2 Å². The van der Waals surface area contributed by atoms with E-state index in [0.717, 1.165) is 12.0 Å². The Morgan fingerprint density at radius 2 is 2.29 bits per heavy atom. The average molecular weight is 190 g/mol. The Balaban J connectivity index is 2.12. The zero-order chi connectivity index (χ0) is 9.76. The molecule has 1 aromatic carbocycles. The van der Waals surface area contributed by atoms with Gasteiger partial charge in [0.1, 0.15) is 6.10 Å². The number of hydrogen-bond donors (Lipinski definition) is 0. The summed E-state index contributed by atoms with van der Waals surface area (Å²) in [5, 5.41) is 0. The molecular weight excluding hydrogens is 180 g/mol. The summed E-state index contributed by atoms with van der Waals surface area (Å²) in [5.74, 6) is -0.222. The molecule has 0 saturated heterocycles. The minimum atomic E-state index is -0.456. The first-order chi connectivity index (χ1) is 6.78. The van der Waals surface area contributed by atoms with Gasteiger partial charge in [0.2, 0.25) is 0 Å². The van der Waals surface area contributed by atoms with E-state index >= 15 is 0 Å². The van der Waals surface area contributed by atoms with Crippen molar-refractivity contribution < 1.29 is 14.3 Å². The van der Waals surface area contributed by atoms with Crippen LogP contribution in [0.2, 0.25) is 0 Å². The lowest BCUT2D eigenvalue weighted by atomic mass is 10.0. The van der Waals surface area contributed by atoms with Crippen molar-refractivity contribution in [2.75, 3.05) is 7.11 Å². The second-order valence-corrected chi connectivity index (χ2v) is 3.75. The van der Waals surface area contributed by atoms with Crippen LogP contribution in [-0.2, 0) is 15.1 Å². The molecule has 1 aliphatic heterocycles. The Hall–Kier alpha value is -1.35. The van der Waals surface area contributed by atoms with Gasteiger partial charge < -0.3 is 9.47 Å². The van der Waals surface area contributed by atoms with Crippen LogP contribution in [-0.4, -0.2) is 19.2 Å². The smallest absolute Gasteiger partial charge is 0.339 e. The van der Waals surface area contributed by atoms with Crippen LogP contribution >= 0.6 is 0 Å². The number of hydrogen-bond acceptors (Lipinski definition) is 3. The number of carbonyl (C=O) groups excluding carboxylic acids is 1. The minimum Gasteiger partial charge on any atom is -0.448 e. The van der Waals surface area contributed by atoms with Crippen LogP contribution in [0.1, 0.15) is 22.3 Å². The van der Waals surface area contributed by atoms with E-state index < -0.39 is 5.60 Å². The summed E-state index contributed by atoms with van der Waals surface area (Å²) < 4.78 is 10.6. The van der Waals surface area contributed by atoms with Crippen LogP contribution in [0.25, 0.3) is 0 Å². The van der Waals surface area contributed by atoms with Gasteiger partial charge in [-0.1, -0.05) is 18.2 Å². The summed E-state index contributed by atoms with van der Waals surface area (Å²) in [6, 6.07) is 7.52. The molecule has 1 heterocycles. The van der Waals surface area contributed by atoms with Crippen molar-refractivity contribution in [1.82, 2.24) is 0 Å². The van der Waals surface area contributed by atoms with Crippen molar-refractivity contribution >= 4 is 5.97 Å². The van der Waals surface area contributed by atoms with Crippen LogP contribution in [0.3, 0.4) is 0 Å². The standard InChI is InChI=1S/C11H10O3/c1-13-9-6-11(9)8-5-3-2-4-7(8)10(12)14-11/h2-5,9H,6H2,1H3. The van der Waals surface area contributed by atoms with Crippen LogP contribution < -0.4 is 0 Å². The molecule has 0 aromatic heterocycles. The van der Waals surface area contributed by atoms with Crippen LogP contribution in [0, 0.1) is 0 Å². The maximum Gasteiger partial charge on any atom is 0.339 e. The van der Waals surface area contributed by atoms with Gasteiger partial charge >= 0.3 is 5.97 Å². The molecule has 3 heteroatoms. The Labute approximate surface area is 81.6 Å². The lowest BCUT2D eigenvalue weighted by Crippen LogP contribution is -2.13. The minimum absolute atomic E-state index is 0.0371. The predicted octanol–water partition coefficient (Wildman–Crippen LogP) is 1.47. The van der Waals surface area contributed by atoms with Crippen LogP contribution in [0.5, 0.6) is 0 Å². The Morgan fingerprint density at radius 1 is 1.50 bits per heavy atom. The number of rotatable bonds is 1. The molecule has 2 aliphatic rings. The molecule has 0 radical (unpaired) electrons. The van der Waals surface area contributed by atoms with E-state index in [1.807, 2.05) is 18.2 Å². The Kier molecular flexibility index (Phi) is 1.35. The second-order valence-electron chi connectivity index (χ2n) is 3.75. The molecule has 14 heavy (non-hydrogen) atoms. The Bertz CT molecular complexity index is 413. The van der Waals surface area contributed by atoms with Crippen molar-refractivity contribution in [2.24, 2.45) is 0 Å². The highest BCUT2D eigenvalue weighted by Gasteiger charge is 2.64. The number of carbonyl (C=O) groups is 1. The molecule has 72 valence electrons. The third-order valence-electron chi connectivity index (χ3n) is 3.01. The second kappa shape index (κ2) is 2.36. The number of ether oxygens (including phenoxy) is 2. The van der Waals surface area contributed by atoms with Gasteiger partial charge in [-0.05, 0) is 6.07 Å². The normalized spacial score (nSPS) is 32.9. The molecular formula is C11H10O3. The van der Waals surface area contributed by atoms with E-state index in [-0.39, 0.29) is 12.1 Å². The largest absolute Gasteiger partial charge is 0.448 e. The summed E-state index contributed by atoms with van der Waals surface area (Å²) in [6.07, 6.45) is 0.821. The molecule has 3 rings (SSSR count). The van der Waals surface area contributed by atoms with E-state index in [1.165, 1.54) is 0 Å². The quantitative estimate of drug-likeness (QED) is 0.629. The van der Waals surface area contributed by atoms with Gasteiger partial charge in [0.05, 0.1) is 5.56 Å². The molecule has 0 amide bonds. The highest BCUT2D eigenvalue weighted by atomic mass is 16.6. The number of benzene rings is 1. The van der Waals surface area contributed by atoms with E-state index in [2.05, 4.69) is 0 Å². The van der Waals surface area contributed by atoms with Crippen molar-refractivity contribution in [3.63, 3.8) is 0 Å². The van der Waals surface area contributed by atoms with Crippen molar-refractivity contribution in [1.29, 1.82) is 0 Å². The topological polar surface area (TPSA) is 35.5 Å². The number of fused-ring (bicyclic) bond motifs is 2. The molecule has 0 N–H and O–H groups in total. The van der Waals surface area contributed by atoms with Crippen molar-refractivity contribution in [3.8, 4) is 0 Å². The lowest BCUT2D eigenvalue weighted by molar-refractivity contribution is 0.0102. The summed E-state index contributed by atoms with van der Waals surface area (Å²) in [7, 11) is 1.65. The molecule has 0 bridgehead atoms. The number of methoxy groups -OCH3 is 1. The van der Waals surface area contributed by atoms with E-state index in [0.29, 0.717) is 5.56 Å². The molecule has 1 aliphatic carbocycles. The highest BCUT2D eigenvalue weighted by molar-refractivity contribution is 5.95. The maximum absolute atomic E-state index is 11.5. The fourth-order valence-corrected chi connectivity index (χ4v) is 2.19. The molecule has 3 nitrogen and oxygen atoms in total. The van der Waals surface area contributed by atoms with Crippen molar-refractivity contribution in [3.05, 3.63) is 35.4 Å². The van der Waals surface area contributed by atoms with Gasteiger partial charge in [-0.3, -0.25) is 0 Å². The van der Waals surface area contributed by atoms with Gasteiger partial charge in [0, 0.05) is 19.1 Å². The van der Waals surface area contributed by atoms with Gasteiger partial charge in [0.15, 0.2) is 5.60 Å². The molecule has 1 fully saturated rings. The first-order valence-electron chi connectivity index (χ1n) is 4.63. The molecule has 2 unspecified atom stereocenters. The van der Waals surface area contributed by atoms with Gasteiger partial charge in [-0.2, -0.15) is 0 Å². The summed E-state index contributed by atoms with van der Waals surface area (Å²) in [6.45, 7) is 0. The zero-order valence-corrected chi connectivity index (χ0v) is 7.82. The first-order valence-corrected chi connectivity index (χ1v) is 4.63. The summed E-state index contributed by atoms with van der Waals surface area (Å²) in [5.41, 5.74) is 1.21. The summed E-state index contributed by atoms with van der Waals surface area (Å²) in [4.78, 5) is 11.5. The van der Waals surface area contributed by atoms with Gasteiger partial charge in [-0.15, -0.1) is 0 Å². The van der Waals surface area contributed by atoms with Gasteiger partial charge in [0.25, 0.3) is 0 Å². The molecule has 2 atom stereocenters. The third-order valence-corrected chi connectivity index (χ3v) is 3.01.